The summed E-state index contributed by atoms with van der Waals surface area (Å²) < 4.78 is 0. The van der Waals surface area contributed by atoms with Crippen molar-refractivity contribution in [2.24, 2.45) is 17.8 Å². The third-order valence-corrected chi connectivity index (χ3v) is 8.87. The van der Waals surface area contributed by atoms with Crippen LogP contribution in [0.4, 0.5) is 5.82 Å². The first-order valence-electron chi connectivity index (χ1n) is 11.4. The number of pyridine rings is 1. The van der Waals surface area contributed by atoms with E-state index in [1.54, 1.807) is 11.3 Å². The van der Waals surface area contributed by atoms with Crippen LogP contribution in [0.2, 0.25) is 0 Å². The van der Waals surface area contributed by atoms with E-state index in [-0.39, 0.29) is 27.9 Å². The number of rotatable bonds is 3. The molecule has 0 atom stereocenters. The van der Waals surface area contributed by atoms with Gasteiger partial charge in [-0.2, -0.15) is 10.5 Å². The molecule has 4 fully saturated rings. The van der Waals surface area contributed by atoms with Gasteiger partial charge < -0.3 is 10.7 Å². The van der Waals surface area contributed by atoms with Crippen molar-refractivity contribution in [3.05, 3.63) is 56.8 Å². The van der Waals surface area contributed by atoms with Crippen molar-refractivity contribution < 1.29 is 0 Å². The van der Waals surface area contributed by atoms with E-state index in [0.29, 0.717) is 5.56 Å². The van der Waals surface area contributed by atoms with Crippen molar-refractivity contribution in [2.45, 2.75) is 43.9 Å². The van der Waals surface area contributed by atoms with Gasteiger partial charge in [0.25, 0.3) is 5.56 Å². The van der Waals surface area contributed by atoms with Crippen molar-refractivity contribution in [3.8, 4) is 33.8 Å². The first-order valence-corrected chi connectivity index (χ1v) is 12.3. The van der Waals surface area contributed by atoms with Crippen LogP contribution in [-0.4, -0.2) is 9.97 Å². The Bertz CT molecular complexity index is 1370. The Morgan fingerprint density at radius 3 is 2.12 bits per heavy atom. The van der Waals surface area contributed by atoms with E-state index in [1.807, 2.05) is 36.4 Å². The number of benzene rings is 1. The fourth-order valence-corrected chi connectivity index (χ4v) is 7.93. The summed E-state index contributed by atoms with van der Waals surface area (Å²) in [6.07, 6.45) is 8.12. The minimum absolute atomic E-state index is 0.0271. The summed E-state index contributed by atoms with van der Waals surface area (Å²) >= 11 is 1.68. The molecular formula is C26H23N5OS. The van der Waals surface area contributed by atoms with E-state index >= 15 is 0 Å². The Morgan fingerprint density at radius 2 is 1.55 bits per heavy atom. The Kier molecular flexibility index (Phi) is 4.47. The summed E-state index contributed by atoms with van der Waals surface area (Å²) in [6.45, 7) is 0. The van der Waals surface area contributed by atoms with Gasteiger partial charge in [0.05, 0.1) is 5.69 Å². The van der Waals surface area contributed by atoms with E-state index < -0.39 is 5.56 Å². The van der Waals surface area contributed by atoms with Crippen LogP contribution < -0.4 is 11.3 Å². The molecule has 3 N–H and O–H groups in total. The highest BCUT2D eigenvalue weighted by Gasteiger charge is 2.52. The van der Waals surface area contributed by atoms with Gasteiger partial charge in [0.1, 0.15) is 34.1 Å². The lowest BCUT2D eigenvalue weighted by Gasteiger charge is -2.56. The zero-order valence-electron chi connectivity index (χ0n) is 18.1. The molecule has 33 heavy (non-hydrogen) atoms. The van der Waals surface area contributed by atoms with Gasteiger partial charge in [0.15, 0.2) is 0 Å². The summed E-state index contributed by atoms with van der Waals surface area (Å²) in [5.41, 5.74) is 8.69. The molecule has 164 valence electrons. The number of thiazole rings is 1. The first-order chi connectivity index (χ1) is 16.0. The van der Waals surface area contributed by atoms with Crippen LogP contribution >= 0.6 is 11.3 Å². The molecule has 3 aromatic rings. The molecular weight excluding hydrogens is 430 g/mol. The summed E-state index contributed by atoms with van der Waals surface area (Å²) in [5.74, 6) is 2.61. The highest BCUT2D eigenvalue weighted by atomic mass is 32.1. The molecule has 0 amide bonds. The number of nitrogen functional groups attached to an aromatic ring is 1. The van der Waals surface area contributed by atoms with Crippen LogP contribution in [0.25, 0.3) is 21.7 Å². The molecule has 4 bridgehead atoms. The number of anilines is 1. The van der Waals surface area contributed by atoms with Crippen LogP contribution in [0.3, 0.4) is 0 Å². The zero-order valence-corrected chi connectivity index (χ0v) is 18.9. The fraction of sp³-hybridized carbons (Fsp3) is 0.385. The Balaban J connectivity index is 1.35. The number of aromatic nitrogens is 2. The van der Waals surface area contributed by atoms with Gasteiger partial charge >= 0.3 is 0 Å². The first kappa shape index (κ1) is 20.2. The molecule has 4 saturated carbocycles. The third-order valence-electron chi connectivity index (χ3n) is 7.97. The molecule has 7 heteroatoms. The molecule has 2 aromatic heterocycles. The minimum atomic E-state index is -0.590. The number of hydrogen-bond acceptors (Lipinski definition) is 6. The number of nitriles is 2. The number of H-pyrrole nitrogens is 1. The smallest absolute Gasteiger partial charge is 0.268 e. The molecule has 0 radical (unpaired) electrons. The highest BCUT2D eigenvalue weighted by Crippen LogP contribution is 2.60. The van der Waals surface area contributed by atoms with Crippen LogP contribution in [-0.2, 0) is 5.41 Å². The predicted octanol–water partition coefficient (Wildman–Crippen LogP) is 4.96. The predicted molar refractivity (Wildman–Crippen MR) is 127 cm³/mol. The lowest BCUT2D eigenvalue weighted by molar-refractivity contribution is -0.00689. The number of nitrogens with one attached hydrogen (secondary N) is 1. The lowest BCUT2D eigenvalue weighted by atomic mass is 9.49. The van der Waals surface area contributed by atoms with Crippen molar-refractivity contribution in [1.29, 1.82) is 10.5 Å². The van der Waals surface area contributed by atoms with Gasteiger partial charge in [-0.15, -0.1) is 11.3 Å². The van der Waals surface area contributed by atoms with E-state index in [2.05, 4.69) is 10.4 Å². The van der Waals surface area contributed by atoms with Gasteiger partial charge in [0.2, 0.25) is 0 Å². The van der Waals surface area contributed by atoms with Gasteiger partial charge in [-0.1, -0.05) is 24.3 Å². The van der Waals surface area contributed by atoms with E-state index in [0.717, 1.165) is 28.3 Å². The van der Waals surface area contributed by atoms with Gasteiger partial charge in [0, 0.05) is 21.9 Å². The second-order valence-corrected chi connectivity index (χ2v) is 10.9. The number of nitrogens with two attached hydrogens (primary N) is 1. The molecule has 0 saturated heterocycles. The quantitative estimate of drug-likeness (QED) is 0.581. The fourth-order valence-electron chi connectivity index (χ4n) is 6.99. The molecule has 4 aliphatic carbocycles. The second-order valence-electron chi connectivity index (χ2n) is 10.0. The van der Waals surface area contributed by atoms with Crippen LogP contribution in [0, 0.1) is 40.4 Å². The monoisotopic (exact) mass is 453 g/mol. The molecule has 1 aromatic carbocycles. The van der Waals surface area contributed by atoms with Gasteiger partial charge in [-0.3, -0.25) is 4.79 Å². The maximum Gasteiger partial charge on any atom is 0.268 e. The van der Waals surface area contributed by atoms with E-state index in [9.17, 15) is 15.3 Å². The lowest BCUT2D eigenvalue weighted by Crippen LogP contribution is -2.48. The van der Waals surface area contributed by atoms with Crippen molar-refractivity contribution in [3.63, 3.8) is 0 Å². The summed E-state index contributed by atoms with van der Waals surface area (Å²) in [5, 5.41) is 22.3. The largest absolute Gasteiger partial charge is 0.384 e. The SMILES string of the molecule is N#Cc1c(N)[nH]c(=O)c(C#N)c1-c1ccc(-c2nc(C34CC5CC(CC(C5)C3)C4)cs2)cc1. The molecule has 0 aliphatic heterocycles. The Hall–Kier alpha value is -3.42. The third kappa shape index (κ3) is 3.11. The van der Waals surface area contributed by atoms with E-state index in [4.69, 9.17) is 10.7 Å². The number of hydrogen-bond donors (Lipinski definition) is 2. The van der Waals surface area contributed by atoms with Crippen LogP contribution in [0.15, 0.2) is 34.4 Å². The van der Waals surface area contributed by atoms with Gasteiger partial charge in [-0.05, 0) is 61.8 Å². The second kappa shape index (κ2) is 7.30. The Morgan fingerprint density at radius 1 is 0.970 bits per heavy atom. The molecule has 6 nitrogen and oxygen atoms in total. The molecule has 4 aliphatic rings. The molecule has 0 spiro atoms. The summed E-state index contributed by atoms with van der Waals surface area (Å²) in [6, 6.07) is 11.5. The molecule has 0 unspecified atom stereocenters. The van der Waals surface area contributed by atoms with Gasteiger partial charge in [-0.25, -0.2) is 4.98 Å². The topological polar surface area (TPSA) is 119 Å². The molecule has 7 rings (SSSR count). The maximum absolute atomic E-state index is 12.2. The van der Waals surface area contributed by atoms with Crippen molar-refractivity contribution in [2.75, 3.05) is 5.73 Å². The summed E-state index contributed by atoms with van der Waals surface area (Å²) in [4.78, 5) is 19.7. The average Bonchev–Trinajstić information content (AvgIpc) is 3.29. The van der Waals surface area contributed by atoms with Crippen molar-refractivity contribution in [1.82, 2.24) is 9.97 Å². The maximum atomic E-state index is 12.2. The standard InChI is InChI=1S/C26H23N5OS/c27-11-19-22(20(12-28)24(32)31-23(19)29)17-1-3-18(4-2-17)25-30-21(13-33-25)26-8-14-5-15(9-26)7-16(6-14)10-26/h1-4,13-16H,5-10H2,(H3,29,31,32). The zero-order chi connectivity index (χ0) is 22.7. The number of aromatic amines is 1. The normalized spacial score (nSPS) is 27.3. The molecule has 2 heterocycles. The van der Waals surface area contributed by atoms with E-state index in [1.165, 1.54) is 44.2 Å². The average molecular weight is 454 g/mol. The van der Waals surface area contributed by atoms with Crippen molar-refractivity contribution >= 4 is 17.2 Å². The highest BCUT2D eigenvalue weighted by molar-refractivity contribution is 7.13. The number of nitrogens with zero attached hydrogens (tertiary/aromatic N) is 3. The summed E-state index contributed by atoms with van der Waals surface area (Å²) in [7, 11) is 0. The van der Waals surface area contributed by atoms with Crippen LogP contribution in [0.5, 0.6) is 0 Å². The minimum Gasteiger partial charge on any atom is -0.384 e. The van der Waals surface area contributed by atoms with Crippen LogP contribution in [0.1, 0.15) is 55.3 Å². The Labute approximate surface area is 195 Å².